The van der Waals surface area contributed by atoms with Gasteiger partial charge in [0.1, 0.15) is 6.04 Å². The fourth-order valence-corrected chi connectivity index (χ4v) is 5.74. The molecule has 2 aromatic heterocycles. The van der Waals surface area contributed by atoms with Crippen molar-refractivity contribution in [3.8, 4) is 22.5 Å². The van der Waals surface area contributed by atoms with E-state index in [0.29, 0.717) is 10.7 Å². The van der Waals surface area contributed by atoms with Crippen molar-refractivity contribution >= 4 is 29.0 Å². The molecular weight excluding hydrogens is 570 g/mol. The molecule has 2 aromatic carbocycles. The molecule has 2 N–H and O–H groups in total. The van der Waals surface area contributed by atoms with Crippen molar-refractivity contribution < 1.29 is 19.5 Å². The fourth-order valence-electron chi connectivity index (χ4n) is 4.73. The largest absolute Gasteiger partial charge is 0.480 e. The Morgan fingerprint density at radius 3 is 1.91 bits per heavy atom. The third-order valence-electron chi connectivity index (χ3n) is 7.58. The second-order valence-electron chi connectivity index (χ2n) is 13.3. The Bertz CT molecular complexity index is 1610. The number of benzene rings is 2. The van der Waals surface area contributed by atoms with Crippen LogP contribution in [-0.4, -0.2) is 38.8 Å². The molecule has 0 saturated carbocycles. The van der Waals surface area contributed by atoms with Gasteiger partial charge in [-0.2, -0.15) is 0 Å². The first-order valence-corrected chi connectivity index (χ1v) is 15.6. The number of carboxylic acids is 1. The van der Waals surface area contributed by atoms with Crippen molar-refractivity contribution in [1.29, 1.82) is 0 Å². The number of hydrogen-bond donors (Lipinski definition) is 2. The van der Waals surface area contributed by atoms with Crippen LogP contribution >= 0.6 is 11.3 Å². The van der Waals surface area contributed by atoms with E-state index in [2.05, 4.69) is 81.1 Å². The Kier molecular flexibility index (Phi) is 9.84. The van der Waals surface area contributed by atoms with E-state index in [4.69, 9.17) is 0 Å². The minimum atomic E-state index is -1.13. The topological polar surface area (TPSA) is 109 Å². The van der Waals surface area contributed by atoms with Crippen molar-refractivity contribution in [3.05, 3.63) is 93.9 Å². The Hall–Kier alpha value is -4.17. The summed E-state index contributed by atoms with van der Waals surface area (Å²) in [6, 6.07) is 18.7. The van der Waals surface area contributed by atoms with E-state index < -0.39 is 23.8 Å². The van der Waals surface area contributed by atoms with Gasteiger partial charge in [0.15, 0.2) is 11.6 Å². The number of carboxylic acid groups (broad SMARTS) is 1. The van der Waals surface area contributed by atoms with Crippen molar-refractivity contribution in [1.82, 2.24) is 15.3 Å². The molecule has 0 aliphatic carbocycles. The van der Waals surface area contributed by atoms with Gasteiger partial charge in [-0.15, -0.1) is 11.3 Å². The number of nitrogens with zero attached hydrogens (tertiary/aromatic N) is 2. The quantitative estimate of drug-likeness (QED) is 0.180. The molecule has 2 atom stereocenters. The highest BCUT2D eigenvalue weighted by Gasteiger charge is 2.27. The van der Waals surface area contributed by atoms with Gasteiger partial charge in [-0.25, -0.2) is 9.97 Å². The molecule has 4 rings (SSSR count). The number of rotatable bonds is 10. The lowest BCUT2D eigenvalue weighted by molar-refractivity contribution is -0.141. The number of thiophene rings is 1. The van der Waals surface area contributed by atoms with Gasteiger partial charge in [-0.1, -0.05) is 90.1 Å². The lowest BCUT2D eigenvalue weighted by Crippen LogP contribution is -2.42. The molecule has 0 aliphatic heterocycles. The van der Waals surface area contributed by atoms with Gasteiger partial charge in [-0.3, -0.25) is 14.4 Å². The number of aromatic nitrogens is 2. The van der Waals surface area contributed by atoms with E-state index in [0.717, 1.165) is 27.1 Å². The van der Waals surface area contributed by atoms with E-state index in [1.807, 2.05) is 48.8 Å². The molecule has 0 saturated heterocycles. The Morgan fingerprint density at radius 1 is 0.795 bits per heavy atom. The molecule has 0 spiro atoms. The highest BCUT2D eigenvalue weighted by Crippen LogP contribution is 2.31. The molecule has 230 valence electrons. The summed E-state index contributed by atoms with van der Waals surface area (Å²) in [5, 5.41) is 11.9. The van der Waals surface area contributed by atoms with E-state index in [-0.39, 0.29) is 29.5 Å². The van der Waals surface area contributed by atoms with Crippen LogP contribution in [0, 0.1) is 5.92 Å². The molecule has 7 nitrogen and oxygen atoms in total. The lowest BCUT2D eigenvalue weighted by Gasteiger charge is -2.19. The Morgan fingerprint density at radius 2 is 1.39 bits per heavy atom. The van der Waals surface area contributed by atoms with Gasteiger partial charge in [0.05, 0.1) is 4.88 Å². The molecule has 1 amide bonds. The maximum atomic E-state index is 13.2. The standard InChI is InChI=1S/C36H41N3O4S/c1-22(34(42)43)39-33(41)26(19-29(40)30-16-17-31(44-30)36(5,6)7)18-23-8-10-25(11-9-23)32-37-20-27(21-38-32)24-12-14-28(15-13-24)35(2,3)4/h8-17,20-22,26H,18-19H2,1-7H3,(H,39,41)(H,42,43)/t22-,26-/m1/s1. The average molecular weight is 612 g/mol. The predicted molar refractivity (Wildman–Crippen MR) is 176 cm³/mol. The minimum absolute atomic E-state index is 0.0225. The van der Waals surface area contributed by atoms with Crippen LogP contribution in [0.2, 0.25) is 0 Å². The number of hydrogen-bond acceptors (Lipinski definition) is 6. The maximum Gasteiger partial charge on any atom is 0.325 e. The van der Waals surface area contributed by atoms with E-state index in [1.165, 1.54) is 23.8 Å². The van der Waals surface area contributed by atoms with Crippen molar-refractivity contribution in [2.24, 2.45) is 5.92 Å². The number of aliphatic carboxylic acids is 1. The van der Waals surface area contributed by atoms with Crippen LogP contribution in [0.1, 0.15) is 80.6 Å². The van der Waals surface area contributed by atoms with Gasteiger partial charge < -0.3 is 10.4 Å². The fraction of sp³-hybridized carbons (Fsp3) is 0.361. The van der Waals surface area contributed by atoms with Crippen LogP contribution in [-0.2, 0) is 26.8 Å². The molecule has 44 heavy (non-hydrogen) atoms. The first-order valence-electron chi connectivity index (χ1n) is 14.8. The summed E-state index contributed by atoms with van der Waals surface area (Å²) in [6.07, 6.45) is 3.89. The van der Waals surface area contributed by atoms with Gasteiger partial charge in [-0.05, 0) is 53.0 Å². The van der Waals surface area contributed by atoms with Crippen LogP contribution in [0.5, 0.6) is 0 Å². The lowest BCUT2D eigenvalue weighted by atomic mass is 9.86. The molecule has 0 radical (unpaired) electrons. The highest BCUT2D eigenvalue weighted by atomic mass is 32.1. The third-order valence-corrected chi connectivity index (χ3v) is 9.13. The van der Waals surface area contributed by atoms with E-state index in [1.54, 1.807) is 0 Å². The SMILES string of the molecule is C[C@@H](NC(=O)[C@@H](CC(=O)c1ccc(C(C)(C)C)s1)Cc1ccc(-c2ncc(-c3ccc(C(C)(C)C)cc3)cn2)cc1)C(=O)O. The number of nitrogens with one attached hydrogen (secondary N) is 1. The summed E-state index contributed by atoms with van der Waals surface area (Å²) >= 11 is 1.44. The summed E-state index contributed by atoms with van der Waals surface area (Å²) in [6.45, 7) is 14.2. The molecule has 4 aromatic rings. The van der Waals surface area contributed by atoms with Crippen LogP contribution < -0.4 is 5.32 Å². The Balaban J connectivity index is 1.49. The van der Waals surface area contributed by atoms with Crippen LogP contribution in [0.25, 0.3) is 22.5 Å². The van der Waals surface area contributed by atoms with Crippen LogP contribution in [0.15, 0.2) is 73.1 Å². The number of amides is 1. The van der Waals surface area contributed by atoms with Gasteiger partial charge >= 0.3 is 5.97 Å². The molecule has 0 bridgehead atoms. The summed E-state index contributed by atoms with van der Waals surface area (Å²) in [4.78, 5) is 48.6. The van der Waals surface area contributed by atoms with Gasteiger partial charge in [0.2, 0.25) is 5.91 Å². The van der Waals surface area contributed by atoms with Gasteiger partial charge in [0, 0.05) is 40.7 Å². The van der Waals surface area contributed by atoms with Crippen molar-refractivity contribution in [3.63, 3.8) is 0 Å². The number of ketones is 1. The number of carbonyl (C=O) groups excluding carboxylic acids is 2. The second kappa shape index (κ2) is 13.2. The minimum Gasteiger partial charge on any atom is -0.480 e. The normalized spacial score (nSPS) is 13.2. The number of carbonyl (C=O) groups is 3. The highest BCUT2D eigenvalue weighted by molar-refractivity contribution is 7.14. The molecule has 8 heteroatoms. The third kappa shape index (κ3) is 8.26. The molecular formula is C36H41N3O4S. The van der Waals surface area contributed by atoms with Gasteiger partial charge in [0.25, 0.3) is 0 Å². The Labute approximate surface area is 263 Å². The molecule has 0 unspecified atom stereocenters. The first-order chi connectivity index (χ1) is 20.6. The monoisotopic (exact) mass is 611 g/mol. The maximum absolute atomic E-state index is 13.2. The zero-order valence-corrected chi connectivity index (χ0v) is 27.3. The summed E-state index contributed by atoms with van der Waals surface area (Å²) in [7, 11) is 0. The van der Waals surface area contributed by atoms with E-state index in [9.17, 15) is 19.5 Å². The molecule has 0 fully saturated rings. The summed E-state index contributed by atoms with van der Waals surface area (Å²) in [5.41, 5.74) is 4.92. The zero-order valence-electron chi connectivity index (χ0n) is 26.5. The summed E-state index contributed by atoms with van der Waals surface area (Å²) < 4.78 is 0. The van der Waals surface area contributed by atoms with Crippen LogP contribution in [0.3, 0.4) is 0 Å². The average Bonchev–Trinajstić information content (AvgIpc) is 3.48. The van der Waals surface area contributed by atoms with Crippen LogP contribution in [0.4, 0.5) is 0 Å². The second-order valence-corrected chi connectivity index (χ2v) is 14.4. The smallest absolute Gasteiger partial charge is 0.325 e. The predicted octanol–water partition coefficient (Wildman–Crippen LogP) is 7.49. The summed E-state index contributed by atoms with van der Waals surface area (Å²) in [5.74, 6) is -1.87. The molecule has 2 heterocycles. The van der Waals surface area contributed by atoms with Crippen molar-refractivity contribution in [2.45, 2.75) is 78.2 Å². The number of Topliss-reactive ketones (excluding diaryl/α,β-unsaturated/α-hetero) is 1. The van der Waals surface area contributed by atoms with E-state index >= 15 is 0 Å². The van der Waals surface area contributed by atoms with Crippen molar-refractivity contribution in [2.75, 3.05) is 0 Å². The molecule has 0 aliphatic rings. The zero-order chi connectivity index (χ0) is 32.2. The first kappa shape index (κ1) is 32.7.